The number of hydrogen-bond donors (Lipinski definition) is 2. The fourth-order valence-corrected chi connectivity index (χ4v) is 5.06. The standard InChI is InChI=1S/C11H15N5O4S2/c1-8-4-10(15-22(19,20)11-5-12-7-13-11)16(14-8)9-2-3-21(17,18)6-9/h4-5,7,9,15H,2-3,6H2,1H3,(H,12,13). The van der Waals surface area contributed by atoms with Gasteiger partial charge in [-0.3, -0.25) is 4.72 Å². The number of sulfonamides is 1. The van der Waals surface area contributed by atoms with Crippen molar-refractivity contribution in [3.8, 4) is 0 Å². The lowest BCUT2D eigenvalue weighted by molar-refractivity contribution is 0.503. The molecule has 9 nitrogen and oxygen atoms in total. The normalized spacial score (nSPS) is 21.0. The number of aromatic nitrogens is 4. The van der Waals surface area contributed by atoms with E-state index in [4.69, 9.17) is 0 Å². The van der Waals surface area contributed by atoms with Crippen LogP contribution >= 0.6 is 0 Å². The second-order valence-electron chi connectivity index (χ2n) is 5.19. The zero-order valence-corrected chi connectivity index (χ0v) is 13.4. The van der Waals surface area contributed by atoms with Gasteiger partial charge in [-0.25, -0.2) is 18.1 Å². The van der Waals surface area contributed by atoms with Gasteiger partial charge >= 0.3 is 0 Å². The van der Waals surface area contributed by atoms with Gasteiger partial charge in [0.1, 0.15) is 5.82 Å². The van der Waals surface area contributed by atoms with E-state index in [1.165, 1.54) is 17.2 Å². The van der Waals surface area contributed by atoms with Crippen LogP contribution in [0.2, 0.25) is 0 Å². The third-order valence-corrected chi connectivity index (χ3v) is 6.44. The number of sulfone groups is 1. The van der Waals surface area contributed by atoms with Crippen LogP contribution in [0.4, 0.5) is 5.82 Å². The Balaban J connectivity index is 1.93. The molecule has 2 aromatic rings. The first-order valence-corrected chi connectivity index (χ1v) is 9.85. The Kier molecular flexibility index (Phi) is 3.48. The van der Waals surface area contributed by atoms with Crippen LogP contribution in [0, 0.1) is 6.92 Å². The van der Waals surface area contributed by atoms with Gasteiger partial charge in [-0.15, -0.1) is 0 Å². The van der Waals surface area contributed by atoms with E-state index in [-0.39, 0.29) is 28.4 Å². The van der Waals surface area contributed by atoms with Gasteiger partial charge in [0.15, 0.2) is 14.9 Å². The van der Waals surface area contributed by atoms with Crippen molar-refractivity contribution < 1.29 is 16.8 Å². The number of hydrogen-bond acceptors (Lipinski definition) is 6. The van der Waals surface area contributed by atoms with Crippen molar-refractivity contribution in [2.45, 2.75) is 24.4 Å². The summed E-state index contributed by atoms with van der Waals surface area (Å²) in [5.41, 5.74) is 0.603. The van der Waals surface area contributed by atoms with Crippen molar-refractivity contribution >= 4 is 25.7 Å². The van der Waals surface area contributed by atoms with Crippen molar-refractivity contribution in [3.63, 3.8) is 0 Å². The molecule has 1 fully saturated rings. The summed E-state index contributed by atoms with van der Waals surface area (Å²) in [4.78, 5) is 6.20. The first-order chi connectivity index (χ1) is 10.3. The zero-order chi connectivity index (χ0) is 16.0. The average Bonchev–Trinajstić information content (AvgIpc) is 3.09. The fraction of sp³-hybridized carbons (Fsp3) is 0.455. The van der Waals surface area contributed by atoms with Crippen LogP contribution < -0.4 is 4.72 Å². The van der Waals surface area contributed by atoms with Crippen LogP contribution in [0.1, 0.15) is 18.2 Å². The molecule has 0 aromatic carbocycles. The summed E-state index contributed by atoms with van der Waals surface area (Å²) in [6, 6.07) is 1.21. The highest BCUT2D eigenvalue weighted by atomic mass is 32.2. The molecule has 22 heavy (non-hydrogen) atoms. The topological polar surface area (TPSA) is 127 Å². The lowest BCUT2D eigenvalue weighted by Gasteiger charge is -2.14. The molecule has 0 bridgehead atoms. The first kappa shape index (κ1) is 15.0. The van der Waals surface area contributed by atoms with Crippen LogP contribution in [-0.2, 0) is 19.9 Å². The second kappa shape index (κ2) is 5.09. The van der Waals surface area contributed by atoms with Crippen molar-refractivity contribution in [2.75, 3.05) is 16.2 Å². The number of anilines is 1. The van der Waals surface area contributed by atoms with E-state index in [2.05, 4.69) is 19.8 Å². The maximum Gasteiger partial charge on any atom is 0.280 e. The maximum absolute atomic E-state index is 12.2. The molecule has 1 saturated heterocycles. The van der Waals surface area contributed by atoms with Crippen molar-refractivity contribution in [2.24, 2.45) is 0 Å². The van der Waals surface area contributed by atoms with Gasteiger partial charge in [0.2, 0.25) is 0 Å². The highest BCUT2D eigenvalue weighted by molar-refractivity contribution is 7.92. The number of H-pyrrole nitrogens is 1. The summed E-state index contributed by atoms with van der Waals surface area (Å²) in [5, 5.41) is 4.15. The van der Waals surface area contributed by atoms with E-state index in [1.54, 1.807) is 13.0 Å². The van der Waals surface area contributed by atoms with E-state index in [0.717, 1.165) is 0 Å². The molecule has 2 N–H and O–H groups in total. The number of aryl methyl sites for hydroxylation is 1. The number of rotatable bonds is 4. The molecule has 0 saturated carbocycles. The smallest absolute Gasteiger partial charge is 0.280 e. The van der Waals surface area contributed by atoms with Gasteiger partial charge in [-0.1, -0.05) is 0 Å². The third kappa shape index (κ3) is 2.86. The molecule has 3 heterocycles. The Hall–Kier alpha value is -1.88. The lowest BCUT2D eigenvalue weighted by Crippen LogP contribution is -2.20. The van der Waals surface area contributed by atoms with Gasteiger partial charge < -0.3 is 4.98 Å². The molecule has 3 rings (SSSR count). The van der Waals surface area contributed by atoms with Crippen LogP contribution in [0.3, 0.4) is 0 Å². The van der Waals surface area contributed by atoms with Gasteiger partial charge in [0.25, 0.3) is 10.0 Å². The summed E-state index contributed by atoms with van der Waals surface area (Å²) in [6.07, 6.45) is 2.87. The molecule has 2 aromatic heterocycles. The minimum Gasteiger partial charge on any atom is -0.334 e. The van der Waals surface area contributed by atoms with Gasteiger partial charge in [0, 0.05) is 6.07 Å². The Bertz CT molecular complexity index is 883. The molecule has 1 atom stereocenters. The molecule has 0 amide bonds. The first-order valence-electron chi connectivity index (χ1n) is 6.55. The Morgan fingerprint density at radius 2 is 2.23 bits per heavy atom. The Morgan fingerprint density at radius 3 is 2.82 bits per heavy atom. The predicted octanol–water partition coefficient (Wildman–Crippen LogP) is 0.0750. The van der Waals surface area contributed by atoms with Crippen LogP contribution in [0.5, 0.6) is 0 Å². The summed E-state index contributed by atoms with van der Waals surface area (Å²) >= 11 is 0. The number of imidazole rings is 1. The fourth-order valence-electron chi connectivity index (χ4n) is 2.42. The van der Waals surface area contributed by atoms with Crippen LogP contribution in [-0.4, -0.2) is 48.1 Å². The van der Waals surface area contributed by atoms with Crippen molar-refractivity contribution in [1.29, 1.82) is 0 Å². The van der Waals surface area contributed by atoms with Crippen molar-refractivity contribution in [1.82, 2.24) is 19.7 Å². The molecule has 0 spiro atoms. The molecule has 120 valence electrons. The quantitative estimate of drug-likeness (QED) is 0.807. The van der Waals surface area contributed by atoms with Gasteiger partial charge in [-0.2, -0.15) is 13.5 Å². The number of aromatic amines is 1. The summed E-state index contributed by atoms with van der Waals surface area (Å²) in [6.45, 7) is 1.72. The summed E-state index contributed by atoms with van der Waals surface area (Å²) in [7, 11) is -6.91. The van der Waals surface area contributed by atoms with Gasteiger partial charge in [0.05, 0.1) is 35.8 Å². The van der Waals surface area contributed by atoms with E-state index in [9.17, 15) is 16.8 Å². The van der Waals surface area contributed by atoms with E-state index in [0.29, 0.717) is 12.1 Å². The Labute approximate surface area is 127 Å². The molecule has 1 unspecified atom stereocenters. The molecule has 0 aliphatic carbocycles. The van der Waals surface area contributed by atoms with Crippen LogP contribution in [0.25, 0.3) is 0 Å². The monoisotopic (exact) mass is 345 g/mol. The van der Waals surface area contributed by atoms with Crippen molar-refractivity contribution in [3.05, 3.63) is 24.3 Å². The average molecular weight is 345 g/mol. The second-order valence-corrected chi connectivity index (χ2v) is 9.07. The predicted molar refractivity (Wildman–Crippen MR) is 78.7 cm³/mol. The largest absolute Gasteiger partial charge is 0.334 e. The van der Waals surface area contributed by atoms with E-state index >= 15 is 0 Å². The molecular weight excluding hydrogens is 330 g/mol. The van der Waals surface area contributed by atoms with E-state index in [1.807, 2.05) is 0 Å². The maximum atomic E-state index is 12.2. The Morgan fingerprint density at radius 1 is 1.45 bits per heavy atom. The minimum absolute atomic E-state index is 0.0348. The number of nitrogens with one attached hydrogen (secondary N) is 2. The summed E-state index contributed by atoms with van der Waals surface area (Å²) in [5.74, 6) is 0.296. The highest BCUT2D eigenvalue weighted by Gasteiger charge is 2.32. The molecule has 1 aliphatic rings. The number of nitrogens with zero attached hydrogens (tertiary/aromatic N) is 3. The summed E-state index contributed by atoms with van der Waals surface area (Å²) < 4.78 is 51.5. The molecular formula is C11H15N5O4S2. The van der Waals surface area contributed by atoms with Crippen LogP contribution in [0.15, 0.2) is 23.6 Å². The molecule has 1 aliphatic heterocycles. The molecule has 0 radical (unpaired) electrons. The van der Waals surface area contributed by atoms with E-state index < -0.39 is 19.9 Å². The SMILES string of the molecule is Cc1cc(NS(=O)(=O)c2cnc[nH]2)n(C2CCS(=O)(=O)C2)n1. The highest BCUT2D eigenvalue weighted by Crippen LogP contribution is 2.28. The van der Waals surface area contributed by atoms with Gasteiger partial charge in [-0.05, 0) is 13.3 Å². The molecule has 11 heteroatoms. The lowest BCUT2D eigenvalue weighted by atomic mass is 10.3. The minimum atomic E-state index is -3.82. The third-order valence-electron chi connectivity index (χ3n) is 3.41. The zero-order valence-electron chi connectivity index (χ0n) is 11.7.